The van der Waals surface area contributed by atoms with Gasteiger partial charge < -0.3 is 10.2 Å². The quantitative estimate of drug-likeness (QED) is 0.847. The van der Waals surface area contributed by atoms with Crippen LogP contribution in [-0.4, -0.2) is 30.6 Å². The molecule has 2 aromatic carbocycles. The number of likely N-dealkylation sites (tertiary alicyclic amines) is 1. The molecule has 1 saturated heterocycles. The second-order valence-corrected chi connectivity index (χ2v) is 6.88. The molecule has 1 aliphatic rings. The van der Waals surface area contributed by atoms with Crippen LogP contribution in [0.2, 0.25) is 0 Å². The molecule has 2 aromatic rings. The molecule has 112 valence electrons. The van der Waals surface area contributed by atoms with Gasteiger partial charge in [-0.15, -0.1) is 0 Å². The summed E-state index contributed by atoms with van der Waals surface area (Å²) in [6.07, 6.45) is 3.76. The number of nitrogens with zero attached hydrogens (tertiary/aromatic N) is 1. The van der Waals surface area contributed by atoms with Crippen LogP contribution in [0.4, 0.5) is 5.69 Å². The van der Waals surface area contributed by atoms with Crippen LogP contribution >= 0.6 is 15.9 Å². The molecule has 0 saturated carbocycles. The van der Waals surface area contributed by atoms with E-state index in [0.717, 1.165) is 4.47 Å². The van der Waals surface area contributed by atoms with Gasteiger partial charge in [-0.3, -0.25) is 0 Å². The first-order chi connectivity index (χ1) is 10.2. The van der Waals surface area contributed by atoms with E-state index in [4.69, 9.17) is 0 Å². The number of nitrogens with one attached hydrogen (secondary N) is 1. The van der Waals surface area contributed by atoms with Crippen LogP contribution in [0.25, 0.3) is 10.8 Å². The van der Waals surface area contributed by atoms with Crippen molar-refractivity contribution in [1.82, 2.24) is 4.90 Å². The molecule has 0 spiro atoms. The maximum atomic E-state index is 3.71. The zero-order valence-corrected chi connectivity index (χ0v) is 14.2. The summed E-state index contributed by atoms with van der Waals surface area (Å²) in [4.78, 5) is 2.58. The predicted octanol–water partition coefficient (Wildman–Crippen LogP) is 4.89. The number of hydrogen-bond donors (Lipinski definition) is 1. The topological polar surface area (TPSA) is 15.3 Å². The summed E-state index contributed by atoms with van der Waals surface area (Å²) in [7, 11) is 0. The zero-order valence-electron chi connectivity index (χ0n) is 12.6. The van der Waals surface area contributed by atoms with E-state index < -0.39 is 0 Å². The second-order valence-electron chi connectivity index (χ2n) is 5.97. The lowest BCUT2D eigenvalue weighted by Crippen LogP contribution is -2.39. The molecule has 0 atom stereocenters. The lowest BCUT2D eigenvalue weighted by Gasteiger charge is -2.32. The molecule has 1 heterocycles. The Morgan fingerprint density at radius 2 is 1.81 bits per heavy atom. The molecule has 1 fully saturated rings. The van der Waals surface area contributed by atoms with Crippen LogP contribution in [0.3, 0.4) is 0 Å². The highest BCUT2D eigenvalue weighted by Crippen LogP contribution is 2.24. The summed E-state index contributed by atoms with van der Waals surface area (Å²) in [5.74, 6) is 0. The third-order valence-corrected chi connectivity index (χ3v) is 4.79. The van der Waals surface area contributed by atoms with Crippen LogP contribution in [0.15, 0.2) is 40.9 Å². The summed E-state index contributed by atoms with van der Waals surface area (Å²) in [5, 5.41) is 6.29. The fourth-order valence-electron chi connectivity index (χ4n) is 3.16. The van der Waals surface area contributed by atoms with Crippen molar-refractivity contribution in [2.75, 3.05) is 25.0 Å². The largest absolute Gasteiger partial charge is 0.382 e. The highest BCUT2D eigenvalue weighted by Gasteiger charge is 2.18. The molecule has 0 aromatic heterocycles. The Bertz CT molecular complexity index is 603. The van der Waals surface area contributed by atoms with Crippen molar-refractivity contribution in [3.63, 3.8) is 0 Å². The van der Waals surface area contributed by atoms with E-state index in [1.807, 2.05) is 0 Å². The molecular formula is C18H23BrN2. The van der Waals surface area contributed by atoms with Crippen LogP contribution in [-0.2, 0) is 0 Å². The fourth-order valence-corrected chi connectivity index (χ4v) is 3.54. The molecule has 0 bridgehead atoms. The molecule has 0 amide bonds. The smallest absolute Gasteiger partial charge is 0.0348 e. The van der Waals surface area contributed by atoms with Crippen molar-refractivity contribution in [3.05, 3.63) is 40.9 Å². The van der Waals surface area contributed by atoms with E-state index in [1.165, 1.54) is 55.4 Å². The maximum absolute atomic E-state index is 3.71. The van der Waals surface area contributed by atoms with E-state index in [9.17, 15) is 0 Å². The Morgan fingerprint density at radius 1 is 1.10 bits per heavy atom. The molecule has 3 heteroatoms. The van der Waals surface area contributed by atoms with E-state index in [0.29, 0.717) is 6.04 Å². The Kier molecular flexibility index (Phi) is 4.81. The molecule has 0 radical (unpaired) electrons. The van der Waals surface area contributed by atoms with Gasteiger partial charge in [0.15, 0.2) is 0 Å². The van der Waals surface area contributed by atoms with Crippen molar-refractivity contribution in [2.45, 2.75) is 32.2 Å². The van der Waals surface area contributed by atoms with Crippen molar-refractivity contribution in [1.29, 1.82) is 0 Å². The summed E-state index contributed by atoms with van der Waals surface area (Å²) >= 11 is 3.53. The van der Waals surface area contributed by atoms with E-state index in [2.05, 4.69) is 69.5 Å². The minimum atomic E-state index is 0.617. The van der Waals surface area contributed by atoms with Gasteiger partial charge in [0.05, 0.1) is 0 Å². The van der Waals surface area contributed by atoms with Gasteiger partial charge in [-0.05, 0) is 60.8 Å². The highest BCUT2D eigenvalue weighted by atomic mass is 79.9. The average molecular weight is 347 g/mol. The van der Waals surface area contributed by atoms with Crippen LogP contribution in [0, 0.1) is 0 Å². The first kappa shape index (κ1) is 14.9. The van der Waals surface area contributed by atoms with Gasteiger partial charge in [-0.2, -0.15) is 0 Å². The van der Waals surface area contributed by atoms with Crippen molar-refractivity contribution in [3.8, 4) is 0 Å². The SMILES string of the molecule is CCCN1CCC(Nc2ccc3cc(Br)ccc3c2)CC1. The number of hydrogen-bond acceptors (Lipinski definition) is 2. The number of benzene rings is 2. The van der Waals surface area contributed by atoms with Gasteiger partial charge in [0, 0.05) is 29.3 Å². The third-order valence-electron chi connectivity index (χ3n) is 4.30. The zero-order chi connectivity index (χ0) is 14.7. The normalized spacial score (nSPS) is 17.2. The van der Waals surface area contributed by atoms with Gasteiger partial charge in [-0.1, -0.05) is 35.0 Å². The number of fused-ring (bicyclic) bond motifs is 1. The number of anilines is 1. The van der Waals surface area contributed by atoms with Gasteiger partial charge in [-0.25, -0.2) is 0 Å². The second kappa shape index (κ2) is 6.80. The lowest BCUT2D eigenvalue weighted by atomic mass is 10.0. The number of rotatable bonds is 4. The molecule has 0 unspecified atom stereocenters. The lowest BCUT2D eigenvalue weighted by molar-refractivity contribution is 0.219. The van der Waals surface area contributed by atoms with Gasteiger partial charge in [0.2, 0.25) is 0 Å². The Labute approximate surface area is 135 Å². The van der Waals surface area contributed by atoms with Crippen molar-refractivity contribution >= 4 is 32.4 Å². The van der Waals surface area contributed by atoms with Crippen LogP contribution in [0.1, 0.15) is 26.2 Å². The van der Waals surface area contributed by atoms with E-state index in [1.54, 1.807) is 0 Å². The van der Waals surface area contributed by atoms with Crippen LogP contribution < -0.4 is 5.32 Å². The molecular weight excluding hydrogens is 324 g/mol. The molecule has 1 aliphatic heterocycles. The van der Waals surface area contributed by atoms with Crippen molar-refractivity contribution < 1.29 is 0 Å². The molecule has 0 aliphatic carbocycles. The monoisotopic (exact) mass is 346 g/mol. The fraction of sp³-hybridized carbons (Fsp3) is 0.444. The maximum Gasteiger partial charge on any atom is 0.0348 e. The summed E-state index contributed by atoms with van der Waals surface area (Å²) in [6, 6.07) is 13.7. The van der Waals surface area contributed by atoms with Crippen molar-refractivity contribution in [2.24, 2.45) is 0 Å². The molecule has 2 nitrogen and oxygen atoms in total. The summed E-state index contributed by atoms with van der Waals surface area (Å²) < 4.78 is 1.14. The van der Waals surface area contributed by atoms with Gasteiger partial charge in [0.25, 0.3) is 0 Å². The highest BCUT2D eigenvalue weighted by molar-refractivity contribution is 9.10. The van der Waals surface area contributed by atoms with Gasteiger partial charge in [0.1, 0.15) is 0 Å². The molecule has 21 heavy (non-hydrogen) atoms. The average Bonchev–Trinajstić information content (AvgIpc) is 2.50. The minimum Gasteiger partial charge on any atom is -0.382 e. The third kappa shape index (κ3) is 3.78. The molecule has 1 N–H and O–H groups in total. The summed E-state index contributed by atoms with van der Waals surface area (Å²) in [6.45, 7) is 5.97. The Hall–Kier alpha value is -1.06. The Morgan fingerprint density at radius 3 is 2.57 bits per heavy atom. The number of halogens is 1. The summed E-state index contributed by atoms with van der Waals surface area (Å²) in [5.41, 5.74) is 1.25. The van der Waals surface area contributed by atoms with Crippen LogP contribution in [0.5, 0.6) is 0 Å². The minimum absolute atomic E-state index is 0.617. The van der Waals surface area contributed by atoms with E-state index in [-0.39, 0.29) is 0 Å². The molecule has 3 rings (SSSR count). The Balaban J connectivity index is 1.64. The first-order valence-electron chi connectivity index (χ1n) is 7.93. The standard InChI is InChI=1S/C18H23BrN2/c1-2-9-21-10-7-17(8-11-21)20-18-6-4-14-12-16(19)5-3-15(14)13-18/h3-6,12-13,17,20H,2,7-11H2,1H3. The van der Waals surface area contributed by atoms with E-state index >= 15 is 0 Å². The predicted molar refractivity (Wildman–Crippen MR) is 95.0 cm³/mol. The number of piperidine rings is 1. The van der Waals surface area contributed by atoms with Gasteiger partial charge >= 0.3 is 0 Å². The first-order valence-corrected chi connectivity index (χ1v) is 8.72.